The van der Waals surface area contributed by atoms with E-state index in [1.807, 2.05) is 36.4 Å². The Labute approximate surface area is 123 Å². The van der Waals surface area contributed by atoms with Crippen LogP contribution in [0.3, 0.4) is 0 Å². The van der Waals surface area contributed by atoms with E-state index in [0.717, 1.165) is 18.4 Å². The number of rotatable bonds is 7. The lowest BCUT2D eigenvalue weighted by Gasteiger charge is -2.13. The van der Waals surface area contributed by atoms with Gasteiger partial charge in [-0.1, -0.05) is 36.4 Å². The molecule has 0 aliphatic rings. The van der Waals surface area contributed by atoms with Crippen LogP contribution in [0, 0.1) is 0 Å². The predicted molar refractivity (Wildman–Crippen MR) is 83.6 cm³/mol. The van der Waals surface area contributed by atoms with Crippen molar-refractivity contribution in [1.29, 1.82) is 0 Å². The Morgan fingerprint density at radius 3 is 2.70 bits per heavy atom. The van der Waals surface area contributed by atoms with Gasteiger partial charge in [-0.15, -0.1) is 11.3 Å². The van der Waals surface area contributed by atoms with Crippen LogP contribution >= 0.6 is 11.3 Å². The summed E-state index contributed by atoms with van der Waals surface area (Å²) in [5.41, 5.74) is 7.08. The maximum atomic E-state index is 11.7. The van der Waals surface area contributed by atoms with E-state index in [1.165, 1.54) is 4.88 Å². The molecule has 4 heteroatoms. The lowest BCUT2D eigenvalue weighted by atomic mass is 10.1. The van der Waals surface area contributed by atoms with Gasteiger partial charge in [0.25, 0.3) is 0 Å². The molecule has 0 aliphatic carbocycles. The molecular formula is C16H20N2OS. The molecule has 0 saturated carbocycles. The number of carbonyl (C=O) groups excluding carboxylic acids is 1. The third kappa shape index (κ3) is 4.79. The molecule has 3 N–H and O–H groups in total. The highest BCUT2D eigenvalue weighted by molar-refractivity contribution is 7.09. The molecule has 1 aromatic heterocycles. The zero-order valence-electron chi connectivity index (χ0n) is 11.4. The van der Waals surface area contributed by atoms with Crippen molar-refractivity contribution in [1.82, 2.24) is 5.32 Å². The van der Waals surface area contributed by atoms with E-state index in [9.17, 15) is 4.79 Å². The molecule has 1 atom stereocenters. The monoisotopic (exact) mass is 288 g/mol. The molecule has 1 unspecified atom stereocenters. The number of carbonyl (C=O) groups is 1. The second kappa shape index (κ2) is 7.82. The highest BCUT2D eigenvalue weighted by Crippen LogP contribution is 2.12. The molecule has 0 fully saturated rings. The molecule has 0 aliphatic heterocycles. The number of nitrogens with one attached hydrogen (secondary N) is 1. The summed E-state index contributed by atoms with van der Waals surface area (Å²) in [7, 11) is 0. The van der Waals surface area contributed by atoms with Crippen molar-refractivity contribution in [3.8, 4) is 0 Å². The Morgan fingerprint density at radius 1 is 1.20 bits per heavy atom. The fourth-order valence-electron chi connectivity index (χ4n) is 2.01. The summed E-state index contributed by atoms with van der Waals surface area (Å²) in [4.78, 5) is 13.1. The Morgan fingerprint density at radius 2 is 2.00 bits per heavy atom. The molecule has 1 heterocycles. The normalized spacial score (nSPS) is 12.1. The summed E-state index contributed by atoms with van der Waals surface area (Å²) in [6.45, 7) is 0.488. The van der Waals surface area contributed by atoms with Crippen LogP contribution in [-0.4, -0.2) is 12.5 Å². The Balaban J connectivity index is 1.65. The number of hydrogen-bond acceptors (Lipinski definition) is 3. The molecule has 0 saturated heterocycles. The molecule has 106 valence electrons. The van der Waals surface area contributed by atoms with Crippen molar-refractivity contribution in [2.75, 3.05) is 6.54 Å². The minimum Gasteiger partial charge on any atom is -0.354 e. The molecule has 2 aromatic rings. The van der Waals surface area contributed by atoms with Gasteiger partial charge in [0.15, 0.2) is 0 Å². The molecule has 1 aromatic carbocycles. The Bertz CT molecular complexity index is 511. The van der Waals surface area contributed by atoms with Gasteiger partial charge < -0.3 is 11.1 Å². The van der Waals surface area contributed by atoms with Crippen LogP contribution in [0.15, 0.2) is 47.8 Å². The van der Waals surface area contributed by atoms with Crippen LogP contribution in [0.4, 0.5) is 0 Å². The summed E-state index contributed by atoms with van der Waals surface area (Å²) in [5, 5.41) is 4.96. The predicted octanol–water partition coefficient (Wildman–Crippen LogP) is 2.89. The molecule has 0 radical (unpaired) electrons. The summed E-state index contributed by atoms with van der Waals surface area (Å²) < 4.78 is 0. The average molecular weight is 288 g/mol. The Hall–Kier alpha value is -1.65. The maximum absolute atomic E-state index is 11.7. The first-order valence-electron chi connectivity index (χ1n) is 6.85. The first kappa shape index (κ1) is 14.8. The van der Waals surface area contributed by atoms with Gasteiger partial charge in [-0.2, -0.15) is 0 Å². The fraction of sp³-hybridized carbons (Fsp3) is 0.312. The molecule has 3 nitrogen and oxygen atoms in total. The van der Waals surface area contributed by atoms with Crippen molar-refractivity contribution in [3.05, 3.63) is 58.3 Å². The van der Waals surface area contributed by atoms with E-state index < -0.39 is 0 Å². The van der Waals surface area contributed by atoms with Crippen LogP contribution in [0.2, 0.25) is 0 Å². The average Bonchev–Trinajstić information content (AvgIpc) is 2.99. The fourth-order valence-corrected chi connectivity index (χ4v) is 2.76. The number of benzene rings is 1. The van der Waals surface area contributed by atoms with E-state index in [4.69, 9.17) is 5.73 Å². The van der Waals surface area contributed by atoms with Crippen molar-refractivity contribution in [2.24, 2.45) is 5.73 Å². The van der Waals surface area contributed by atoms with E-state index in [1.54, 1.807) is 11.3 Å². The second-order valence-corrected chi connectivity index (χ2v) is 5.79. The SMILES string of the molecule is NC(CNC(=O)CCCc1cccs1)c1ccccc1. The zero-order chi connectivity index (χ0) is 14.2. The first-order valence-corrected chi connectivity index (χ1v) is 7.73. The number of amides is 1. The summed E-state index contributed by atoms with van der Waals surface area (Å²) in [6.07, 6.45) is 2.40. The lowest BCUT2D eigenvalue weighted by molar-refractivity contribution is -0.121. The smallest absolute Gasteiger partial charge is 0.220 e. The molecular weight excluding hydrogens is 268 g/mol. The maximum Gasteiger partial charge on any atom is 0.220 e. The third-order valence-electron chi connectivity index (χ3n) is 3.15. The van der Waals surface area contributed by atoms with E-state index in [-0.39, 0.29) is 11.9 Å². The lowest BCUT2D eigenvalue weighted by Crippen LogP contribution is -2.31. The van der Waals surface area contributed by atoms with Gasteiger partial charge >= 0.3 is 0 Å². The molecule has 0 spiro atoms. The largest absolute Gasteiger partial charge is 0.354 e. The van der Waals surface area contributed by atoms with Crippen LogP contribution in [0.25, 0.3) is 0 Å². The standard InChI is InChI=1S/C16H20N2OS/c17-15(13-6-2-1-3-7-13)12-18-16(19)10-4-8-14-9-5-11-20-14/h1-3,5-7,9,11,15H,4,8,10,12,17H2,(H,18,19). The van der Waals surface area contributed by atoms with E-state index in [2.05, 4.69) is 16.8 Å². The molecule has 20 heavy (non-hydrogen) atoms. The molecule has 1 amide bonds. The van der Waals surface area contributed by atoms with E-state index in [0.29, 0.717) is 13.0 Å². The minimum absolute atomic E-state index is 0.0768. The highest BCUT2D eigenvalue weighted by Gasteiger charge is 2.07. The van der Waals surface area contributed by atoms with Crippen LogP contribution in [-0.2, 0) is 11.2 Å². The zero-order valence-corrected chi connectivity index (χ0v) is 12.2. The highest BCUT2D eigenvalue weighted by atomic mass is 32.1. The van der Waals surface area contributed by atoms with Gasteiger partial charge in [0.05, 0.1) is 0 Å². The van der Waals surface area contributed by atoms with Crippen molar-refractivity contribution in [3.63, 3.8) is 0 Å². The minimum atomic E-state index is -0.141. The van der Waals surface area contributed by atoms with E-state index >= 15 is 0 Å². The number of hydrogen-bond donors (Lipinski definition) is 2. The number of aryl methyl sites for hydroxylation is 1. The van der Waals surface area contributed by atoms with Crippen molar-refractivity contribution in [2.45, 2.75) is 25.3 Å². The van der Waals surface area contributed by atoms with Crippen LogP contribution in [0.1, 0.15) is 29.3 Å². The first-order chi connectivity index (χ1) is 9.75. The van der Waals surface area contributed by atoms with Gasteiger partial charge in [-0.3, -0.25) is 4.79 Å². The quantitative estimate of drug-likeness (QED) is 0.823. The molecule has 2 rings (SSSR count). The van der Waals surface area contributed by atoms with Gasteiger partial charge in [0.1, 0.15) is 0 Å². The van der Waals surface area contributed by atoms with Gasteiger partial charge in [0.2, 0.25) is 5.91 Å². The Kier molecular flexibility index (Phi) is 5.77. The molecule has 0 bridgehead atoms. The topological polar surface area (TPSA) is 55.1 Å². The third-order valence-corrected chi connectivity index (χ3v) is 4.09. The van der Waals surface area contributed by atoms with Gasteiger partial charge in [-0.05, 0) is 29.9 Å². The summed E-state index contributed by atoms with van der Waals surface area (Å²) in [5.74, 6) is 0.0768. The van der Waals surface area contributed by atoms with Gasteiger partial charge in [-0.25, -0.2) is 0 Å². The second-order valence-electron chi connectivity index (χ2n) is 4.75. The summed E-state index contributed by atoms with van der Waals surface area (Å²) in [6, 6.07) is 13.8. The van der Waals surface area contributed by atoms with Crippen LogP contribution < -0.4 is 11.1 Å². The van der Waals surface area contributed by atoms with Gasteiger partial charge in [0, 0.05) is 23.9 Å². The van der Waals surface area contributed by atoms with Crippen LogP contribution in [0.5, 0.6) is 0 Å². The van der Waals surface area contributed by atoms with Crippen molar-refractivity contribution < 1.29 is 4.79 Å². The number of nitrogens with two attached hydrogens (primary N) is 1. The summed E-state index contributed by atoms with van der Waals surface area (Å²) >= 11 is 1.74. The number of thiophene rings is 1. The van der Waals surface area contributed by atoms with Crippen molar-refractivity contribution >= 4 is 17.2 Å².